The molecule has 0 spiro atoms. The maximum Gasteiger partial charge on any atom is 0.244 e. The Morgan fingerprint density at radius 2 is 1.69 bits per heavy atom. The molecule has 0 N–H and O–H groups in total. The normalized spacial score (nSPS) is 17.4. The van der Waals surface area contributed by atoms with Gasteiger partial charge in [0.1, 0.15) is 5.75 Å². The topological polar surface area (TPSA) is 46.6 Å². The molecule has 150 valence electrons. The van der Waals surface area contributed by atoms with E-state index in [0.29, 0.717) is 11.4 Å². The summed E-state index contributed by atoms with van der Waals surface area (Å²) in [5.41, 5.74) is 3.00. The van der Waals surface area contributed by atoms with Crippen molar-refractivity contribution < 1.29 is 13.2 Å². The third-order valence-corrected chi connectivity index (χ3v) is 8.77. The molecule has 1 aliphatic heterocycles. The lowest BCUT2D eigenvalue weighted by molar-refractivity contribution is 0.410. The summed E-state index contributed by atoms with van der Waals surface area (Å²) in [5, 5.41) is -0.254. The number of halogens is 1. The fourth-order valence-corrected chi connectivity index (χ4v) is 7.17. The Kier molecular flexibility index (Phi) is 6.01. The number of thioether (sulfide) groups is 1. The van der Waals surface area contributed by atoms with E-state index in [9.17, 15) is 8.42 Å². The molecule has 1 heterocycles. The van der Waals surface area contributed by atoms with E-state index in [1.807, 2.05) is 60.7 Å². The zero-order chi connectivity index (χ0) is 20.4. The molecule has 1 aliphatic rings. The Bertz CT molecular complexity index is 1100. The molecule has 1 fully saturated rings. The second kappa shape index (κ2) is 8.52. The van der Waals surface area contributed by atoms with E-state index < -0.39 is 10.0 Å². The largest absolute Gasteiger partial charge is 0.496 e. The molecule has 0 aromatic heterocycles. The molecule has 0 unspecified atom stereocenters. The van der Waals surface area contributed by atoms with Gasteiger partial charge in [0.2, 0.25) is 10.0 Å². The Morgan fingerprint density at radius 1 is 1.00 bits per heavy atom. The number of sulfonamides is 1. The van der Waals surface area contributed by atoms with E-state index in [1.54, 1.807) is 35.3 Å². The van der Waals surface area contributed by atoms with Crippen LogP contribution in [0.15, 0.2) is 82.2 Å². The fraction of sp³-hybridized carbons (Fsp3) is 0.182. The van der Waals surface area contributed by atoms with Gasteiger partial charge in [-0.2, -0.15) is 4.31 Å². The van der Waals surface area contributed by atoms with Crippen LogP contribution in [0.2, 0.25) is 0 Å². The number of hydrogen-bond donors (Lipinski definition) is 0. The van der Waals surface area contributed by atoms with Crippen LogP contribution in [0.1, 0.15) is 10.9 Å². The summed E-state index contributed by atoms with van der Waals surface area (Å²) in [6, 6.07) is 22.8. The predicted octanol–water partition coefficient (Wildman–Crippen LogP) is 5.56. The first kappa shape index (κ1) is 20.5. The SMILES string of the molecule is COc1ccc([C@H]2SCCN2S(=O)(=O)c2ccc(-c3ccccc3)cc2)cc1Br. The highest BCUT2D eigenvalue weighted by molar-refractivity contribution is 9.10. The van der Waals surface area contributed by atoms with Crippen LogP contribution >= 0.6 is 27.7 Å². The lowest BCUT2D eigenvalue weighted by atomic mass is 10.1. The number of ether oxygens (including phenoxy) is 1. The first-order chi connectivity index (χ1) is 14.0. The van der Waals surface area contributed by atoms with Crippen molar-refractivity contribution in [2.24, 2.45) is 0 Å². The van der Waals surface area contributed by atoms with Crippen LogP contribution in [-0.2, 0) is 10.0 Å². The first-order valence-electron chi connectivity index (χ1n) is 9.13. The first-order valence-corrected chi connectivity index (χ1v) is 12.4. The zero-order valence-corrected chi connectivity index (χ0v) is 19.0. The molecule has 0 aliphatic carbocycles. The highest BCUT2D eigenvalue weighted by Gasteiger charge is 2.37. The van der Waals surface area contributed by atoms with Crippen LogP contribution in [0.5, 0.6) is 5.75 Å². The molecular weight excluding hydrogens is 470 g/mol. The fourth-order valence-electron chi connectivity index (χ4n) is 3.38. The summed E-state index contributed by atoms with van der Waals surface area (Å²) >= 11 is 5.13. The van der Waals surface area contributed by atoms with Crippen LogP contribution in [0.3, 0.4) is 0 Å². The van der Waals surface area contributed by atoms with Gasteiger partial charge in [-0.3, -0.25) is 0 Å². The summed E-state index contributed by atoms with van der Waals surface area (Å²) < 4.78 is 34.4. The molecule has 3 aromatic carbocycles. The highest BCUT2D eigenvalue weighted by atomic mass is 79.9. The van der Waals surface area contributed by atoms with E-state index in [0.717, 1.165) is 32.7 Å². The van der Waals surface area contributed by atoms with Crippen molar-refractivity contribution in [3.05, 3.63) is 82.8 Å². The van der Waals surface area contributed by atoms with Gasteiger partial charge in [-0.1, -0.05) is 48.5 Å². The molecule has 4 nitrogen and oxygen atoms in total. The Balaban J connectivity index is 1.63. The third-order valence-electron chi connectivity index (χ3n) is 4.88. The molecule has 4 rings (SSSR count). The van der Waals surface area contributed by atoms with E-state index >= 15 is 0 Å². The van der Waals surface area contributed by atoms with Crippen molar-refractivity contribution in [3.8, 4) is 16.9 Å². The minimum atomic E-state index is -3.60. The summed E-state index contributed by atoms with van der Waals surface area (Å²) in [6.07, 6.45) is 0. The molecular formula is C22H20BrNO3S2. The maximum absolute atomic E-state index is 13.4. The number of rotatable bonds is 5. The van der Waals surface area contributed by atoms with Gasteiger partial charge in [0.05, 0.1) is 21.9 Å². The molecule has 0 amide bonds. The number of methoxy groups -OCH3 is 1. The second-order valence-electron chi connectivity index (χ2n) is 6.62. The average Bonchev–Trinajstić information content (AvgIpc) is 3.25. The van der Waals surface area contributed by atoms with E-state index in [1.165, 1.54) is 0 Å². The number of hydrogen-bond acceptors (Lipinski definition) is 4. The van der Waals surface area contributed by atoms with E-state index in [4.69, 9.17) is 4.74 Å². The minimum absolute atomic E-state index is 0.254. The Labute approximate surface area is 184 Å². The van der Waals surface area contributed by atoms with Gasteiger partial charge in [0.15, 0.2) is 0 Å². The van der Waals surface area contributed by atoms with E-state index in [2.05, 4.69) is 15.9 Å². The van der Waals surface area contributed by atoms with Gasteiger partial charge in [-0.15, -0.1) is 11.8 Å². The van der Waals surface area contributed by atoms with Crippen LogP contribution in [0, 0.1) is 0 Å². The zero-order valence-electron chi connectivity index (χ0n) is 15.8. The monoisotopic (exact) mass is 489 g/mol. The standard InChI is InChI=1S/C22H20BrNO3S2/c1-27-21-12-9-18(15-20(21)23)22-24(13-14-28-22)29(25,26)19-10-7-17(8-11-19)16-5-3-2-4-6-16/h2-12,15,22H,13-14H2,1H3/t22-/m1/s1. The van der Waals surface area contributed by atoms with Crippen molar-refractivity contribution in [2.45, 2.75) is 10.3 Å². The van der Waals surface area contributed by atoms with Gasteiger partial charge in [-0.25, -0.2) is 8.42 Å². The van der Waals surface area contributed by atoms with Crippen molar-refractivity contribution in [2.75, 3.05) is 19.4 Å². The third kappa shape index (κ3) is 4.10. The molecule has 0 bridgehead atoms. The lowest BCUT2D eigenvalue weighted by Crippen LogP contribution is -2.30. The Hall–Kier alpha value is -1.80. The van der Waals surface area contributed by atoms with Crippen LogP contribution < -0.4 is 4.74 Å². The van der Waals surface area contributed by atoms with Crippen LogP contribution in [0.4, 0.5) is 0 Å². The smallest absolute Gasteiger partial charge is 0.244 e. The van der Waals surface area contributed by atoms with E-state index in [-0.39, 0.29) is 5.37 Å². The van der Waals surface area contributed by atoms with Gasteiger partial charge >= 0.3 is 0 Å². The summed E-state index contributed by atoms with van der Waals surface area (Å²) in [5.74, 6) is 1.48. The maximum atomic E-state index is 13.4. The second-order valence-corrected chi connectivity index (χ2v) is 10.6. The molecule has 3 aromatic rings. The Morgan fingerprint density at radius 3 is 2.34 bits per heavy atom. The predicted molar refractivity (Wildman–Crippen MR) is 122 cm³/mol. The van der Waals surface area contributed by atoms with Crippen molar-refractivity contribution in [3.63, 3.8) is 0 Å². The molecule has 0 radical (unpaired) electrons. The summed E-state index contributed by atoms with van der Waals surface area (Å²) in [6.45, 7) is 0.488. The van der Waals surface area contributed by atoms with Gasteiger partial charge in [0.25, 0.3) is 0 Å². The quantitative estimate of drug-likeness (QED) is 0.470. The number of nitrogens with zero attached hydrogens (tertiary/aromatic N) is 1. The molecule has 0 saturated carbocycles. The number of benzene rings is 3. The molecule has 7 heteroatoms. The average molecular weight is 490 g/mol. The van der Waals surface area contributed by atoms with Gasteiger partial charge in [-0.05, 0) is 56.9 Å². The van der Waals surface area contributed by atoms with Crippen LogP contribution in [0.25, 0.3) is 11.1 Å². The molecule has 1 saturated heterocycles. The van der Waals surface area contributed by atoms with Crippen LogP contribution in [-0.4, -0.2) is 32.1 Å². The van der Waals surface area contributed by atoms with Gasteiger partial charge < -0.3 is 4.74 Å². The van der Waals surface area contributed by atoms with Crippen molar-refractivity contribution in [1.82, 2.24) is 4.31 Å². The van der Waals surface area contributed by atoms with Crippen molar-refractivity contribution >= 4 is 37.7 Å². The van der Waals surface area contributed by atoms with Crippen molar-refractivity contribution in [1.29, 1.82) is 0 Å². The summed E-state index contributed by atoms with van der Waals surface area (Å²) in [7, 11) is -1.99. The molecule has 1 atom stereocenters. The van der Waals surface area contributed by atoms with Gasteiger partial charge in [0, 0.05) is 12.3 Å². The highest BCUT2D eigenvalue weighted by Crippen LogP contribution is 2.43. The molecule has 29 heavy (non-hydrogen) atoms. The lowest BCUT2D eigenvalue weighted by Gasteiger charge is -2.24. The summed E-state index contributed by atoms with van der Waals surface area (Å²) in [4.78, 5) is 0.317. The minimum Gasteiger partial charge on any atom is -0.496 e.